The van der Waals surface area contributed by atoms with Gasteiger partial charge in [0, 0.05) is 20.3 Å². The molecule has 0 saturated carbocycles. The van der Waals surface area contributed by atoms with Crippen molar-refractivity contribution in [1.82, 2.24) is 4.90 Å². The molecule has 0 bridgehead atoms. The second-order valence-corrected chi connectivity index (χ2v) is 2.92. The highest BCUT2D eigenvalue weighted by atomic mass is 16.5. The molecule has 1 atom stereocenters. The first-order chi connectivity index (χ1) is 6.70. The summed E-state index contributed by atoms with van der Waals surface area (Å²) in [5.41, 5.74) is 0. The second-order valence-electron chi connectivity index (χ2n) is 2.92. The van der Waals surface area contributed by atoms with Gasteiger partial charge in [-0.15, -0.1) is 0 Å². The molecule has 0 aliphatic heterocycles. The van der Waals surface area contributed by atoms with Gasteiger partial charge >= 0.3 is 0 Å². The van der Waals surface area contributed by atoms with Gasteiger partial charge < -0.3 is 9.64 Å². The lowest BCUT2D eigenvalue weighted by Gasteiger charge is -2.18. The highest BCUT2D eigenvalue weighted by molar-refractivity contribution is 4.55. The summed E-state index contributed by atoms with van der Waals surface area (Å²) < 4.78 is 5.02. The third-order valence-electron chi connectivity index (χ3n) is 1.61. The molecule has 0 spiro atoms. The third-order valence-corrected chi connectivity index (χ3v) is 1.61. The van der Waals surface area contributed by atoms with Gasteiger partial charge in [0.2, 0.25) is 0 Å². The van der Waals surface area contributed by atoms with E-state index >= 15 is 0 Å². The SMILES string of the molecule is CC.CC.CCN(C)CC(C)COC. The Labute approximate surface area is 91.6 Å². The number of nitrogens with zero attached hydrogens (tertiary/aromatic N) is 1. The predicted octanol–water partition coefficient (Wildman–Crippen LogP) is 3.27. The van der Waals surface area contributed by atoms with E-state index in [0.29, 0.717) is 5.92 Å². The molecular formula is C12H31NO. The lowest BCUT2D eigenvalue weighted by Crippen LogP contribution is -2.26. The molecule has 0 heterocycles. The van der Waals surface area contributed by atoms with E-state index in [-0.39, 0.29) is 0 Å². The number of hydrogen-bond acceptors (Lipinski definition) is 2. The molecule has 0 radical (unpaired) electrons. The van der Waals surface area contributed by atoms with Crippen molar-refractivity contribution in [1.29, 1.82) is 0 Å². The molecule has 0 aliphatic carbocycles. The van der Waals surface area contributed by atoms with Crippen molar-refractivity contribution in [2.45, 2.75) is 41.5 Å². The zero-order valence-electron chi connectivity index (χ0n) is 11.6. The van der Waals surface area contributed by atoms with Gasteiger partial charge in [-0.05, 0) is 19.5 Å². The summed E-state index contributed by atoms with van der Waals surface area (Å²) in [6, 6.07) is 0. The largest absolute Gasteiger partial charge is 0.384 e. The monoisotopic (exact) mass is 205 g/mol. The molecule has 1 unspecified atom stereocenters. The molecule has 0 rings (SSSR count). The molecule has 0 aromatic rings. The van der Waals surface area contributed by atoms with Crippen LogP contribution in [0.4, 0.5) is 0 Å². The summed E-state index contributed by atoms with van der Waals surface area (Å²) in [5.74, 6) is 0.648. The summed E-state index contributed by atoms with van der Waals surface area (Å²) in [4.78, 5) is 2.30. The van der Waals surface area contributed by atoms with E-state index in [4.69, 9.17) is 4.74 Å². The normalized spacial score (nSPS) is 10.9. The van der Waals surface area contributed by atoms with Gasteiger partial charge in [0.25, 0.3) is 0 Å². The first-order valence-electron chi connectivity index (χ1n) is 5.88. The molecule has 2 heteroatoms. The second kappa shape index (κ2) is 18.7. The molecule has 0 N–H and O–H groups in total. The van der Waals surface area contributed by atoms with Crippen molar-refractivity contribution in [3.05, 3.63) is 0 Å². The average molecular weight is 205 g/mol. The fraction of sp³-hybridized carbons (Fsp3) is 1.00. The molecule has 0 aromatic heterocycles. The summed E-state index contributed by atoms with van der Waals surface area (Å²) in [6.07, 6.45) is 0. The topological polar surface area (TPSA) is 12.5 Å². The fourth-order valence-electron chi connectivity index (χ4n) is 0.998. The van der Waals surface area contributed by atoms with Crippen molar-refractivity contribution in [3.8, 4) is 0 Å². The van der Waals surface area contributed by atoms with Gasteiger partial charge in [-0.1, -0.05) is 41.5 Å². The Hall–Kier alpha value is -0.0800. The third kappa shape index (κ3) is 17.9. The Morgan fingerprint density at radius 3 is 1.86 bits per heavy atom. The molecule has 0 aliphatic rings. The van der Waals surface area contributed by atoms with Crippen LogP contribution in [-0.4, -0.2) is 38.8 Å². The molecule has 90 valence electrons. The van der Waals surface area contributed by atoms with Gasteiger partial charge in [-0.25, -0.2) is 0 Å². The van der Waals surface area contributed by atoms with Crippen LogP contribution in [0, 0.1) is 5.92 Å². The molecule has 2 nitrogen and oxygen atoms in total. The van der Waals surface area contributed by atoms with Crippen LogP contribution >= 0.6 is 0 Å². The zero-order valence-corrected chi connectivity index (χ0v) is 11.6. The van der Waals surface area contributed by atoms with Crippen LogP contribution in [0.2, 0.25) is 0 Å². The quantitative estimate of drug-likeness (QED) is 0.683. The first-order valence-corrected chi connectivity index (χ1v) is 5.88. The number of methoxy groups -OCH3 is 1. The molecule has 0 aromatic carbocycles. The number of hydrogen-bond donors (Lipinski definition) is 0. The maximum Gasteiger partial charge on any atom is 0.0500 e. The smallest absolute Gasteiger partial charge is 0.0500 e. The van der Waals surface area contributed by atoms with E-state index in [0.717, 1.165) is 19.7 Å². The van der Waals surface area contributed by atoms with Crippen molar-refractivity contribution >= 4 is 0 Å². The fourth-order valence-corrected chi connectivity index (χ4v) is 0.998. The van der Waals surface area contributed by atoms with Crippen LogP contribution in [0.1, 0.15) is 41.5 Å². The van der Waals surface area contributed by atoms with Crippen LogP contribution in [0.25, 0.3) is 0 Å². The average Bonchev–Trinajstić information content (AvgIpc) is 2.24. The molecule has 0 amide bonds. The molecule has 0 saturated heterocycles. The van der Waals surface area contributed by atoms with E-state index in [9.17, 15) is 0 Å². The Kier molecular flexibility index (Phi) is 26.0. The van der Waals surface area contributed by atoms with Crippen LogP contribution in [0.15, 0.2) is 0 Å². The highest BCUT2D eigenvalue weighted by Gasteiger charge is 2.02. The van der Waals surface area contributed by atoms with E-state index < -0.39 is 0 Å². The van der Waals surface area contributed by atoms with Crippen LogP contribution in [0.5, 0.6) is 0 Å². The minimum absolute atomic E-state index is 0.648. The minimum atomic E-state index is 0.648. The maximum absolute atomic E-state index is 5.02. The van der Waals surface area contributed by atoms with Crippen molar-refractivity contribution in [3.63, 3.8) is 0 Å². The summed E-state index contributed by atoms with van der Waals surface area (Å²) in [7, 11) is 3.88. The minimum Gasteiger partial charge on any atom is -0.384 e. The summed E-state index contributed by atoms with van der Waals surface area (Å²) in [5, 5.41) is 0. The lowest BCUT2D eigenvalue weighted by atomic mass is 10.2. The van der Waals surface area contributed by atoms with Crippen LogP contribution in [-0.2, 0) is 4.74 Å². The van der Waals surface area contributed by atoms with E-state index in [1.807, 2.05) is 27.7 Å². The van der Waals surface area contributed by atoms with Crippen molar-refractivity contribution < 1.29 is 4.74 Å². The molecule has 0 fully saturated rings. The standard InChI is InChI=1S/C8H19NO.2C2H6/c1-5-9(3)6-8(2)7-10-4;2*1-2/h8H,5-7H2,1-4H3;2*1-2H3. The Balaban J connectivity index is -0.000000266. The zero-order chi connectivity index (χ0) is 12.0. The van der Waals surface area contributed by atoms with Gasteiger partial charge in [-0.3, -0.25) is 0 Å². The van der Waals surface area contributed by atoms with Gasteiger partial charge in [0.15, 0.2) is 0 Å². The lowest BCUT2D eigenvalue weighted by molar-refractivity contribution is 0.139. The van der Waals surface area contributed by atoms with E-state index in [1.54, 1.807) is 7.11 Å². The van der Waals surface area contributed by atoms with E-state index in [1.165, 1.54) is 0 Å². The summed E-state index contributed by atoms with van der Waals surface area (Å²) >= 11 is 0. The highest BCUT2D eigenvalue weighted by Crippen LogP contribution is 1.97. The van der Waals surface area contributed by atoms with Crippen LogP contribution < -0.4 is 0 Å². The number of ether oxygens (including phenoxy) is 1. The van der Waals surface area contributed by atoms with Gasteiger partial charge in [0.1, 0.15) is 0 Å². The maximum atomic E-state index is 5.02. The van der Waals surface area contributed by atoms with Gasteiger partial charge in [-0.2, -0.15) is 0 Å². The Morgan fingerprint density at radius 2 is 1.57 bits per heavy atom. The predicted molar refractivity (Wildman–Crippen MR) is 66.9 cm³/mol. The van der Waals surface area contributed by atoms with E-state index in [2.05, 4.69) is 25.8 Å². The number of rotatable bonds is 5. The first kappa shape index (κ1) is 19.5. The molecule has 14 heavy (non-hydrogen) atoms. The summed E-state index contributed by atoms with van der Waals surface area (Å²) in [6.45, 7) is 15.5. The van der Waals surface area contributed by atoms with Crippen molar-refractivity contribution in [2.24, 2.45) is 5.92 Å². The van der Waals surface area contributed by atoms with Gasteiger partial charge in [0.05, 0.1) is 0 Å². The Morgan fingerprint density at radius 1 is 1.14 bits per heavy atom. The molecular weight excluding hydrogens is 174 g/mol. The Bertz CT molecular complexity index is 76.7. The van der Waals surface area contributed by atoms with Crippen molar-refractivity contribution in [2.75, 3.05) is 33.9 Å². The van der Waals surface area contributed by atoms with Crippen LogP contribution in [0.3, 0.4) is 0 Å².